The summed E-state index contributed by atoms with van der Waals surface area (Å²) in [6.07, 6.45) is 3.58. The van der Waals surface area contributed by atoms with E-state index in [1.165, 1.54) is 0 Å². The second-order valence-electron chi connectivity index (χ2n) is 6.90. The number of carbonyl (C=O) groups is 1. The van der Waals surface area contributed by atoms with Gasteiger partial charge in [-0.15, -0.1) is 0 Å². The Labute approximate surface area is 130 Å². The lowest BCUT2D eigenvalue weighted by atomic mass is 9.90. The van der Waals surface area contributed by atoms with E-state index >= 15 is 0 Å². The van der Waals surface area contributed by atoms with Crippen molar-refractivity contribution in [2.45, 2.75) is 39.0 Å². The molecule has 0 spiro atoms. The molecule has 1 aliphatic rings. The fraction of sp³-hybridized carbons (Fsp3) is 0.562. The molecular weight excluding hydrogens is 278 g/mol. The topological polar surface area (TPSA) is 82.7 Å². The van der Waals surface area contributed by atoms with Crippen LogP contribution in [0.3, 0.4) is 0 Å². The molecule has 6 nitrogen and oxygen atoms in total. The molecule has 0 unspecified atom stereocenters. The summed E-state index contributed by atoms with van der Waals surface area (Å²) in [7, 11) is 0. The van der Waals surface area contributed by atoms with Crippen molar-refractivity contribution in [3.05, 3.63) is 18.0 Å². The molecule has 2 aromatic rings. The third-order valence-corrected chi connectivity index (χ3v) is 4.07. The molecular formula is C16H23N5O. The molecule has 1 fully saturated rings. The lowest BCUT2D eigenvalue weighted by Crippen LogP contribution is -2.35. The molecule has 118 valence electrons. The molecule has 3 N–H and O–H groups in total. The van der Waals surface area contributed by atoms with Gasteiger partial charge in [0.05, 0.1) is 5.69 Å². The number of fused-ring (bicyclic) bond motifs is 1. The lowest BCUT2D eigenvalue weighted by Gasteiger charge is -2.22. The molecule has 3 rings (SSSR count). The number of nitrogens with zero attached hydrogens (tertiary/aromatic N) is 2. The summed E-state index contributed by atoms with van der Waals surface area (Å²) >= 11 is 0. The molecule has 22 heavy (non-hydrogen) atoms. The van der Waals surface area contributed by atoms with Crippen LogP contribution >= 0.6 is 0 Å². The lowest BCUT2D eigenvalue weighted by molar-refractivity contribution is -0.120. The summed E-state index contributed by atoms with van der Waals surface area (Å²) in [5.41, 5.74) is 1.59. The predicted octanol–water partition coefficient (Wildman–Crippen LogP) is 2.19. The van der Waals surface area contributed by atoms with E-state index in [0.717, 1.165) is 42.7 Å². The van der Waals surface area contributed by atoms with E-state index in [1.54, 1.807) is 0 Å². The van der Waals surface area contributed by atoms with Crippen molar-refractivity contribution >= 4 is 22.9 Å². The molecule has 1 saturated heterocycles. The standard InChI is InChI=1S/C16H23N5O/c1-16(2,3)12-11-6-9-18-13(11)20-15(19-12)21-14(22)10-4-7-17-8-5-10/h6,9-10,17H,4-5,7-8H2,1-3H3,(H2,18,19,20,21,22). The molecule has 1 amide bonds. The van der Waals surface area contributed by atoms with Gasteiger partial charge < -0.3 is 10.3 Å². The Hall–Kier alpha value is -1.95. The maximum Gasteiger partial charge on any atom is 0.231 e. The first kappa shape index (κ1) is 15.0. The molecule has 0 aromatic carbocycles. The monoisotopic (exact) mass is 301 g/mol. The first-order chi connectivity index (χ1) is 10.4. The first-order valence-corrected chi connectivity index (χ1v) is 7.82. The fourth-order valence-electron chi connectivity index (χ4n) is 2.87. The summed E-state index contributed by atoms with van der Waals surface area (Å²) in [6.45, 7) is 8.12. The Balaban J connectivity index is 1.89. The number of anilines is 1. The maximum atomic E-state index is 12.4. The zero-order valence-electron chi connectivity index (χ0n) is 13.4. The summed E-state index contributed by atoms with van der Waals surface area (Å²) in [5.74, 6) is 0.456. The van der Waals surface area contributed by atoms with Crippen LogP contribution in [0.25, 0.3) is 11.0 Å². The van der Waals surface area contributed by atoms with Gasteiger partial charge in [0, 0.05) is 22.9 Å². The van der Waals surface area contributed by atoms with Gasteiger partial charge in [0.25, 0.3) is 0 Å². The van der Waals surface area contributed by atoms with Crippen LogP contribution in [0.1, 0.15) is 39.3 Å². The average Bonchev–Trinajstić information content (AvgIpc) is 2.94. The van der Waals surface area contributed by atoms with Gasteiger partial charge in [-0.2, -0.15) is 4.98 Å². The SMILES string of the molecule is CC(C)(C)c1nc(NC(=O)C2CCNCC2)nc2[nH]ccc12. The van der Waals surface area contributed by atoms with Crippen molar-refractivity contribution in [3.63, 3.8) is 0 Å². The van der Waals surface area contributed by atoms with Crippen LogP contribution in [0.4, 0.5) is 5.95 Å². The largest absolute Gasteiger partial charge is 0.346 e. The number of hydrogen-bond donors (Lipinski definition) is 3. The molecule has 1 aliphatic heterocycles. The molecule has 2 aromatic heterocycles. The van der Waals surface area contributed by atoms with Crippen molar-refractivity contribution in [2.75, 3.05) is 18.4 Å². The first-order valence-electron chi connectivity index (χ1n) is 7.82. The van der Waals surface area contributed by atoms with Crippen molar-refractivity contribution < 1.29 is 4.79 Å². The number of H-pyrrole nitrogens is 1. The van der Waals surface area contributed by atoms with E-state index in [4.69, 9.17) is 0 Å². The average molecular weight is 301 g/mol. The highest BCUT2D eigenvalue weighted by Crippen LogP contribution is 2.28. The van der Waals surface area contributed by atoms with E-state index in [-0.39, 0.29) is 17.2 Å². The van der Waals surface area contributed by atoms with E-state index < -0.39 is 0 Å². The molecule has 0 saturated carbocycles. The summed E-state index contributed by atoms with van der Waals surface area (Å²) < 4.78 is 0. The molecule has 0 aliphatic carbocycles. The highest BCUT2D eigenvalue weighted by Gasteiger charge is 2.24. The van der Waals surface area contributed by atoms with E-state index in [2.05, 4.69) is 46.4 Å². The number of carbonyl (C=O) groups excluding carboxylic acids is 1. The fourth-order valence-corrected chi connectivity index (χ4v) is 2.87. The highest BCUT2D eigenvalue weighted by atomic mass is 16.2. The van der Waals surface area contributed by atoms with E-state index in [0.29, 0.717) is 5.95 Å². The zero-order chi connectivity index (χ0) is 15.7. The van der Waals surface area contributed by atoms with Crippen molar-refractivity contribution in [1.29, 1.82) is 0 Å². The highest BCUT2D eigenvalue weighted by molar-refractivity contribution is 5.92. The quantitative estimate of drug-likeness (QED) is 0.794. The Bertz CT molecular complexity index is 679. The minimum Gasteiger partial charge on any atom is -0.346 e. The summed E-state index contributed by atoms with van der Waals surface area (Å²) in [5, 5.41) is 7.17. The number of amides is 1. The van der Waals surface area contributed by atoms with Crippen LogP contribution in [0.5, 0.6) is 0 Å². The number of hydrogen-bond acceptors (Lipinski definition) is 4. The van der Waals surface area contributed by atoms with Crippen LogP contribution in [0.15, 0.2) is 12.3 Å². The number of aromatic amines is 1. The third-order valence-electron chi connectivity index (χ3n) is 4.07. The molecule has 0 radical (unpaired) electrons. The second-order valence-corrected chi connectivity index (χ2v) is 6.90. The number of rotatable bonds is 2. The van der Waals surface area contributed by atoms with E-state index in [9.17, 15) is 4.79 Å². The van der Waals surface area contributed by atoms with Crippen LogP contribution in [0.2, 0.25) is 0 Å². The van der Waals surface area contributed by atoms with Crippen LogP contribution in [0, 0.1) is 5.92 Å². The Morgan fingerprint density at radius 2 is 2.00 bits per heavy atom. The zero-order valence-corrected chi connectivity index (χ0v) is 13.4. The Morgan fingerprint density at radius 3 is 2.68 bits per heavy atom. The number of aromatic nitrogens is 3. The van der Waals surface area contributed by atoms with Crippen LogP contribution in [-0.2, 0) is 10.2 Å². The normalized spacial score (nSPS) is 16.9. The van der Waals surface area contributed by atoms with Crippen LogP contribution in [-0.4, -0.2) is 33.9 Å². The predicted molar refractivity (Wildman–Crippen MR) is 86.8 cm³/mol. The molecule has 6 heteroatoms. The van der Waals surface area contributed by atoms with Gasteiger partial charge in [-0.1, -0.05) is 20.8 Å². The van der Waals surface area contributed by atoms with Crippen molar-refractivity contribution in [1.82, 2.24) is 20.3 Å². The molecule has 3 heterocycles. The van der Waals surface area contributed by atoms with Gasteiger partial charge in [0.15, 0.2) is 0 Å². The van der Waals surface area contributed by atoms with Gasteiger partial charge in [-0.05, 0) is 32.0 Å². The Morgan fingerprint density at radius 1 is 1.27 bits per heavy atom. The van der Waals surface area contributed by atoms with Gasteiger partial charge >= 0.3 is 0 Å². The second kappa shape index (κ2) is 5.68. The van der Waals surface area contributed by atoms with Gasteiger partial charge in [-0.25, -0.2) is 4.98 Å². The Kier molecular flexibility index (Phi) is 3.87. The number of piperidine rings is 1. The molecule has 0 atom stereocenters. The van der Waals surface area contributed by atoms with E-state index in [1.807, 2.05) is 12.3 Å². The summed E-state index contributed by atoms with van der Waals surface area (Å²) in [4.78, 5) is 24.5. The number of nitrogens with one attached hydrogen (secondary N) is 3. The van der Waals surface area contributed by atoms with Gasteiger partial charge in [-0.3, -0.25) is 10.1 Å². The van der Waals surface area contributed by atoms with Crippen molar-refractivity contribution in [2.24, 2.45) is 5.92 Å². The smallest absolute Gasteiger partial charge is 0.231 e. The van der Waals surface area contributed by atoms with Gasteiger partial charge in [0.2, 0.25) is 11.9 Å². The maximum absolute atomic E-state index is 12.4. The minimum absolute atomic E-state index is 0.0206. The molecule has 0 bridgehead atoms. The minimum atomic E-state index is -0.113. The summed E-state index contributed by atoms with van der Waals surface area (Å²) in [6, 6.07) is 1.98. The third kappa shape index (κ3) is 2.97. The van der Waals surface area contributed by atoms with Crippen LogP contribution < -0.4 is 10.6 Å². The van der Waals surface area contributed by atoms with Crippen molar-refractivity contribution in [3.8, 4) is 0 Å². The van der Waals surface area contributed by atoms with Gasteiger partial charge in [0.1, 0.15) is 5.65 Å².